The molecule has 1 saturated carbocycles. The van der Waals surface area contributed by atoms with Crippen molar-refractivity contribution in [3.05, 3.63) is 47.6 Å². The van der Waals surface area contributed by atoms with Gasteiger partial charge in [-0.1, -0.05) is 35.5 Å². The van der Waals surface area contributed by atoms with Crippen molar-refractivity contribution in [1.29, 1.82) is 0 Å². The third kappa shape index (κ3) is 3.49. The van der Waals surface area contributed by atoms with Crippen molar-refractivity contribution in [2.24, 2.45) is 5.92 Å². The summed E-state index contributed by atoms with van der Waals surface area (Å²) in [6.45, 7) is 2.50. The van der Waals surface area contributed by atoms with Crippen LogP contribution in [-0.2, 0) is 11.2 Å². The molecule has 3 rings (SSSR count). The van der Waals surface area contributed by atoms with Crippen LogP contribution < -0.4 is 0 Å². The molecule has 0 radical (unpaired) electrons. The highest BCUT2D eigenvalue weighted by atomic mass is 16.5. The molecule has 0 aliphatic heterocycles. The van der Waals surface area contributed by atoms with E-state index >= 15 is 0 Å². The third-order valence-electron chi connectivity index (χ3n) is 3.70. The van der Waals surface area contributed by atoms with Gasteiger partial charge in [0.15, 0.2) is 0 Å². The van der Waals surface area contributed by atoms with Crippen LogP contribution in [0.5, 0.6) is 0 Å². The zero-order valence-electron chi connectivity index (χ0n) is 12.1. The highest BCUT2D eigenvalue weighted by Crippen LogP contribution is 2.34. The number of aromatic nitrogens is 2. The molecule has 2 aromatic rings. The Labute approximate surface area is 123 Å². The Morgan fingerprint density at radius 3 is 2.76 bits per heavy atom. The molecule has 0 amide bonds. The van der Waals surface area contributed by atoms with Crippen LogP contribution in [0.15, 0.2) is 34.9 Å². The Balaban J connectivity index is 1.75. The van der Waals surface area contributed by atoms with Crippen molar-refractivity contribution >= 4 is 0 Å². The Morgan fingerprint density at radius 1 is 1.33 bits per heavy atom. The van der Waals surface area contributed by atoms with Crippen LogP contribution in [0.25, 0.3) is 0 Å². The Morgan fingerprint density at radius 2 is 2.10 bits per heavy atom. The largest absolute Gasteiger partial charge is 0.392 e. The number of ether oxygens (including phenoxy) is 1. The second kappa shape index (κ2) is 6.37. The first-order chi connectivity index (χ1) is 10.3. The number of aliphatic hydroxyl groups excluding tert-OH is 1. The minimum Gasteiger partial charge on any atom is -0.392 e. The van der Waals surface area contributed by atoms with Crippen molar-refractivity contribution in [3.8, 4) is 0 Å². The average Bonchev–Trinajstić information content (AvgIpc) is 3.27. The number of hydrogen-bond donors (Lipinski definition) is 1. The van der Waals surface area contributed by atoms with E-state index in [1.54, 1.807) is 0 Å². The van der Waals surface area contributed by atoms with Crippen molar-refractivity contribution in [1.82, 2.24) is 10.1 Å². The molecule has 0 bridgehead atoms. The molecule has 21 heavy (non-hydrogen) atoms. The van der Waals surface area contributed by atoms with E-state index in [1.807, 2.05) is 37.3 Å². The predicted octanol–water partition coefficient (Wildman–Crippen LogP) is 2.51. The Kier molecular flexibility index (Phi) is 4.31. The SMILES string of the molecule is CCOC(c1ccccc1)c1noc(CC(O)C2CC2)n1. The van der Waals surface area contributed by atoms with Crippen molar-refractivity contribution in [2.75, 3.05) is 6.61 Å². The van der Waals surface area contributed by atoms with Gasteiger partial charge in [0.25, 0.3) is 0 Å². The summed E-state index contributed by atoms with van der Waals surface area (Å²) in [5, 5.41) is 14.0. The molecule has 1 aliphatic carbocycles. The summed E-state index contributed by atoms with van der Waals surface area (Å²) >= 11 is 0. The molecule has 1 heterocycles. The van der Waals surface area contributed by atoms with Crippen LogP contribution in [0.3, 0.4) is 0 Å². The molecular weight excluding hydrogens is 268 g/mol. The fourth-order valence-corrected chi connectivity index (χ4v) is 2.40. The molecule has 1 aliphatic rings. The number of hydrogen-bond acceptors (Lipinski definition) is 5. The van der Waals surface area contributed by atoms with E-state index in [4.69, 9.17) is 9.26 Å². The Bertz CT molecular complexity index is 566. The number of nitrogens with zero attached hydrogens (tertiary/aromatic N) is 2. The highest BCUT2D eigenvalue weighted by Gasteiger charge is 2.31. The van der Waals surface area contributed by atoms with Crippen LogP contribution in [0.4, 0.5) is 0 Å². The second-order valence-corrected chi connectivity index (χ2v) is 5.40. The summed E-state index contributed by atoms with van der Waals surface area (Å²) < 4.78 is 11.0. The molecule has 0 saturated heterocycles. The average molecular weight is 288 g/mol. The van der Waals surface area contributed by atoms with Crippen LogP contribution in [0, 0.1) is 5.92 Å². The molecule has 2 unspecified atom stereocenters. The molecular formula is C16H20N2O3. The standard InChI is InChI=1S/C16H20N2O3/c1-2-20-15(12-6-4-3-5-7-12)16-17-14(21-18-16)10-13(19)11-8-9-11/h3-7,11,13,15,19H,2,8-10H2,1H3. The van der Waals surface area contributed by atoms with Gasteiger partial charge in [0.2, 0.25) is 11.7 Å². The van der Waals surface area contributed by atoms with E-state index in [-0.39, 0.29) is 12.2 Å². The van der Waals surface area contributed by atoms with Gasteiger partial charge in [-0.25, -0.2) is 0 Å². The topological polar surface area (TPSA) is 68.4 Å². The summed E-state index contributed by atoms with van der Waals surface area (Å²) in [6, 6.07) is 9.84. The quantitative estimate of drug-likeness (QED) is 0.847. The van der Waals surface area contributed by atoms with E-state index in [2.05, 4.69) is 10.1 Å². The molecule has 5 nitrogen and oxygen atoms in total. The van der Waals surface area contributed by atoms with Gasteiger partial charge in [0, 0.05) is 6.61 Å². The highest BCUT2D eigenvalue weighted by molar-refractivity contribution is 5.22. The molecule has 112 valence electrons. The van der Waals surface area contributed by atoms with Crippen molar-refractivity contribution in [3.63, 3.8) is 0 Å². The molecule has 0 spiro atoms. The summed E-state index contributed by atoms with van der Waals surface area (Å²) in [4.78, 5) is 4.39. The van der Waals surface area contributed by atoms with Gasteiger partial charge in [-0.3, -0.25) is 0 Å². The fourth-order valence-electron chi connectivity index (χ4n) is 2.40. The van der Waals surface area contributed by atoms with Crippen molar-refractivity contribution < 1.29 is 14.4 Å². The van der Waals surface area contributed by atoms with Crippen LogP contribution in [0.2, 0.25) is 0 Å². The fraction of sp³-hybridized carbons (Fsp3) is 0.500. The van der Waals surface area contributed by atoms with Crippen LogP contribution in [0.1, 0.15) is 43.1 Å². The summed E-state index contributed by atoms with van der Waals surface area (Å²) in [5.41, 5.74) is 0.995. The lowest BCUT2D eigenvalue weighted by atomic mass is 10.1. The van der Waals surface area contributed by atoms with Crippen LogP contribution >= 0.6 is 0 Å². The van der Waals surface area contributed by atoms with Gasteiger partial charge in [0.1, 0.15) is 6.10 Å². The maximum absolute atomic E-state index is 9.95. The van der Waals surface area contributed by atoms with Gasteiger partial charge in [0.05, 0.1) is 12.5 Å². The third-order valence-corrected chi connectivity index (χ3v) is 3.70. The van der Waals surface area contributed by atoms with Crippen molar-refractivity contribution in [2.45, 2.75) is 38.4 Å². The van der Waals surface area contributed by atoms with E-state index in [0.29, 0.717) is 30.7 Å². The minimum absolute atomic E-state index is 0.327. The van der Waals surface area contributed by atoms with Gasteiger partial charge in [-0.05, 0) is 31.2 Å². The first-order valence-electron chi connectivity index (χ1n) is 7.45. The summed E-state index contributed by atoms with van der Waals surface area (Å²) in [5.74, 6) is 1.39. The minimum atomic E-state index is -0.374. The smallest absolute Gasteiger partial charge is 0.229 e. The monoisotopic (exact) mass is 288 g/mol. The van der Waals surface area contributed by atoms with E-state index in [1.165, 1.54) is 0 Å². The summed E-state index contributed by atoms with van der Waals surface area (Å²) in [7, 11) is 0. The lowest BCUT2D eigenvalue weighted by Gasteiger charge is -2.13. The zero-order chi connectivity index (χ0) is 14.7. The normalized spacial score (nSPS) is 17.6. The lowest BCUT2D eigenvalue weighted by molar-refractivity contribution is 0.0833. The number of rotatable bonds is 7. The molecule has 2 atom stereocenters. The molecule has 1 fully saturated rings. The molecule has 5 heteroatoms. The Hall–Kier alpha value is -1.72. The van der Waals surface area contributed by atoms with Gasteiger partial charge in [-0.15, -0.1) is 0 Å². The van der Waals surface area contributed by atoms with Gasteiger partial charge < -0.3 is 14.4 Å². The molecule has 1 N–H and O–H groups in total. The maximum Gasteiger partial charge on any atom is 0.229 e. The lowest BCUT2D eigenvalue weighted by Crippen LogP contribution is -2.13. The zero-order valence-corrected chi connectivity index (χ0v) is 12.1. The molecule has 1 aromatic carbocycles. The second-order valence-electron chi connectivity index (χ2n) is 5.40. The van der Waals surface area contributed by atoms with E-state index in [0.717, 1.165) is 18.4 Å². The van der Waals surface area contributed by atoms with E-state index < -0.39 is 0 Å². The first kappa shape index (κ1) is 14.2. The van der Waals surface area contributed by atoms with Crippen LogP contribution in [-0.4, -0.2) is 28.0 Å². The van der Waals surface area contributed by atoms with E-state index in [9.17, 15) is 5.11 Å². The first-order valence-corrected chi connectivity index (χ1v) is 7.45. The number of benzene rings is 1. The maximum atomic E-state index is 9.95. The predicted molar refractivity (Wildman–Crippen MR) is 76.6 cm³/mol. The van der Waals surface area contributed by atoms with Gasteiger partial charge >= 0.3 is 0 Å². The van der Waals surface area contributed by atoms with Gasteiger partial charge in [-0.2, -0.15) is 4.98 Å². The summed E-state index contributed by atoms with van der Waals surface area (Å²) in [6.07, 6.45) is 1.90. The number of aliphatic hydroxyl groups is 1. The molecule has 1 aromatic heterocycles.